The largest absolute Gasteiger partial charge is 0.352 e. The van der Waals surface area contributed by atoms with Crippen LogP contribution in [0.25, 0.3) is 0 Å². The number of aryl methyl sites for hydroxylation is 1. The van der Waals surface area contributed by atoms with Crippen LogP contribution in [0.1, 0.15) is 54.4 Å². The van der Waals surface area contributed by atoms with Crippen LogP contribution >= 0.6 is 0 Å². The first-order chi connectivity index (χ1) is 17.5. The van der Waals surface area contributed by atoms with Gasteiger partial charge in [-0.25, -0.2) is 0 Å². The predicted molar refractivity (Wildman–Crippen MR) is 142 cm³/mol. The lowest BCUT2D eigenvalue weighted by atomic mass is 9.70. The topological polar surface area (TPSA) is 62.3 Å². The molecule has 1 aromatic heterocycles. The molecule has 1 fully saturated rings. The number of amides is 1. The third-order valence-electron chi connectivity index (χ3n) is 8.27. The van der Waals surface area contributed by atoms with Crippen molar-refractivity contribution in [3.8, 4) is 0 Å². The Kier molecular flexibility index (Phi) is 7.28. The molecule has 186 valence electrons. The van der Waals surface area contributed by atoms with E-state index in [2.05, 4.69) is 57.7 Å². The van der Waals surface area contributed by atoms with E-state index in [0.717, 1.165) is 50.8 Å². The molecule has 2 aromatic carbocycles. The molecule has 5 rings (SSSR count). The number of carbonyl (C=O) groups is 2. The Morgan fingerprint density at radius 1 is 1.00 bits per heavy atom. The fourth-order valence-electron chi connectivity index (χ4n) is 6.20. The Morgan fingerprint density at radius 2 is 1.75 bits per heavy atom. The molecule has 0 saturated carbocycles. The summed E-state index contributed by atoms with van der Waals surface area (Å²) in [6, 6.07) is 22.9. The van der Waals surface area contributed by atoms with Crippen LogP contribution in [0, 0.1) is 0 Å². The van der Waals surface area contributed by atoms with Gasteiger partial charge in [0.1, 0.15) is 5.78 Å². The first kappa shape index (κ1) is 24.4. The van der Waals surface area contributed by atoms with E-state index in [-0.39, 0.29) is 23.7 Å². The molecule has 1 N–H and O–H groups in total. The number of benzene rings is 2. The summed E-state index contributed by atoms with van der Waals surface area (Å²) in [6.45, 7) is 3.57. The molecule has 0 spiro atoms. The summed E-state index contributed by atoms with van der Waals surface area (Å²) in [7, 11) is 0. The van der Waals surface area contributed by atoms with E-state index in [4.69, 9.17) is 0 Å². The van der Waals surface area contributed by atoms with Gasteiger partial charge in [-0.1, -0.05) is 60.7 Å². The molecule has 1 aliphatic heterocycles. The summed E-state index contributed by atoms with van der Waals surface area (Å²) < 4.78 is 0. The van der Waals surface area contributed by atoms with Gasteiger partial charge in [0, 0.05) is 24.4 Å². The van der Waals surface area contributed by atoms with E-state index >= 15 is 0 Å². The summed E-state index contributed by atoms with van der Waals surface area (Å²) >= 11 is 0. The van der Waals surface area contributed by atoms with Crippen molar-refractivity contribution in [1.82, 2.24) is 15.2 Å². The van der Waals surface area contributed by atoms with Gasteiger partial charge in [-0.15, -0.1) is 0 Å². The fourth-order valence-corrected chi connectivity index (χ4v) is 6.20. The maximum atomic E-state index is 13.2. The smallest absolute Gasteiger partial charge is 0.234 e. The van der Waals surface area contributed by atoms with Crippen LogP contribution in [-0.4, -0.2) is 47.3 Å². The number of likely N-dealkylation sites (tertiary alicyclic amines) is 1. The number of Topliss-reactive ketones (excluding diaryl/α,β-unsaturated/α-hetero) is 1. The van der Waals surface area contributed by atoms with Crippen LogP contribution < -0.4 is 5.32 Å². The summed E-state index contributed by atoms with van der Waals surface area (Å²) in [5.74, 6) is 0.524. The number of pyridine rings is 1. The van der Waals surface area contributed by atoms with Gasteiger partial charge in [-0.2, -0.15) is 0 Å². The second-order valence-corrected chi connectivity index (χ2v) is 10.4. The number of carbonyl (C=O) groups excluding carboxylic acids is 2. The van der Waals surface area contributed by atoms with Crippen molar-refractivity contribution in [2.45, 2.75) is 56.4 Å². The Hall–Kier alpha value is -3.31. The van der Waals surface area contributed by atoms with Crippen LogP contribution in [0.15, 0.2) is 79.1 Å². The summed E-state index contributed by atoms with van der Waals surface area (Å²) in [5.41, 5.74) is 4.58. The molecule has 0 unspecified atom stereocenters. The van der Waals surface area contributed by atoms with Gasteiger partial charge in [0.15, 0.2) is 0 Å². The monoisotopic (exact) mass is 481 g/mol. The highest BCUT2D eigenvalue weighted by Crippen LogP contribution is 2.37. The van der Waals surface area contributed by atoms with Crippen molar-refractivity contribution in [1.29, 1.82) is 0 Å². The normalized spacial score (nSPS) is 21.4. The maximum Gasteiger partial charge on any atom is 0.234 e. The van der Waals surface area contributed by atoms with Crippen LogP contribution in [0.4, 0.5) is 0 Å². The average molecular weight is 482 g/mol. The molecule has 2 aliphatic rings. The number of ketones is 1. The lowest BCUT2D eigenvalue weighted by Crippen LogP contribution is -2.51. The molecule has 1 aliphatic carbocycles. The number of aromatic nitrogens is 1. The number of piperidine rings is 1. The van der Waals surface area contributed by atoms with Crippen LogP contribution in [0.5, 0.6) is 0 Å². The summed E-state index contributed by atoms with van der Waals surface area (Å²) in [4.78, 5) is 32.4. The van der Waals surface area contributed by atoms with Crippen molar-refractivity contribution in [2.75, 3.05) is 19.6 Å². The first-order valence-electron chi connectivity index (χ1n) is 13.1. The standard InChI is InChI=1S/C31H35N3O2/c1-23(35)31(26-10-3-2-4-11-26)15-18-34(19-16-31)22-30(36)33-29-14-13-25-9-5-6-12-27(25)28(29)20-24-8-7-17-32-21-24/h2-12,17,21,28-29H,13-16,18-20,22H2,1H3,(H,33,36)/t28-,29+/m1/s1. The van der Waals surface area contributed by atoms with E-state index < -0.39 is 5.41 Å². The highest BCUT2D eigenvalue weighted by Gasteiger charge is 2.40. The third kappa shape index (κ3) is 5.12. The minimum Gasteiger partial charge on any atom is -0.352 e. The minimum absolute atomic E-state index is 0.0746. The fraction of sp³-hybridized carbons (Fsp3) is 0.387. The van der Waals surface area contributed by atoms with Crippen LogP contribution in [0.2, 0.25) is 0 Å². The van der Waals surface area contributed by atoms with Gasteiger partial charge in [0.05, 0.1) is 12.0 Å². The van der Waals surface area contributed by atoms with Crippen molar-refractivity contribution in [2.24, 2.45) is 0 Å². The average Bonchev–Trinajstić information content (AvgIpc) is 2.91. The highest BCUT2D eigenvalue weighted by atomic mass is 16.2. The molecule has 1 amide bonds. The SMILES string of the molecule is CC(=O)C1(c2ccccc2)CCN(CC(=O)N[C@H]2CCc3ccccc3[C@H]2Cc2cccnc2)CC1. The summed E-state index contributed by atoms with van der Waals surface area (Å²) in [6.07, 6.45) is 8.01. The van der Waals surface area contributed by atoms with E-state index in [1.54, 1.807) is 13.1 Å². The zero-order valence-corrected chi connectivity index (χ0v) is 21.0. The number of nitrogens with one attached hydrogen (secondary N) is 1. The lowest BCUT2D eigenvalue weighted by molar-refractivity contribution is -0.125. The van der Waals surface area contributed by atoms with E-state index in [1.807, 2.05) is 30.5 Å². The van der Waals surface area contributed by atoms with Crippen molar-refractivity contribution < 1.29 is 9.59 Å². The predicted octanol–water partition coefficient (Wildman–Crippen LogP) is 4.46. The molecule has 0 radical (unpaired) electrons. The quantitative estimate of drug-likeness (QED) is 0.541. The lowest BCUT2D eigenvalue weighted by Gasteiger charge is -2.41. The number of nitrogens with zero attached hydrogens (tertiary/aromatic N) is 2. The second kappa shape index (κ2) is 10.8. The van der Waals surface area contributed by atoms with Crippen LogP contribution in [-0.2, 0) is 27.8 Å². The molecule has 0 bridgehead atoms. The molecule has 2 atom stereocenters. The number of fused-ring (bicyclic) bond motifs is 1. The minimum atomic E-state index is -0.434. The molecule has 2 heterocycles. The molecule has 5 nitrogen and oxygen atoms in total. The zero-order valence-electron chi connectivity index (χ0n) is 21.0. The van der Waals surface area contributed by atoms with Gasteiger partial charge >= 0.3 is 0 Å². The Morgan fingerprint density at radius 3 is 2.47 bits per heavy atom. The van der Waals surface area contributed by atoms with Gasteiger partial charge in [0.2, 0.25) is 5.91 Å². The number of hydrogen-bond donors (Lipinski definition) is 1. The number of rotatable bonds is 7. The van der Waals surface area contributed by atoms with E-state index in [9.17, 15) is 9.59 Å². The van der Waals surface area contributed by atoms with Crippen molar-refractivity contribution >= 4 is 11.7 Å². The summed E-state index contributed by atoms with van der Waals surface area (Å²) in [5, 5.41) is 3.38. The zero-order chi connectivity index (χ0) is 25.0. The van der Waals surface area contributed by atoms with Gasteiger partial charge in [0.25, 0.3) is 0 Å². The Bertz CT molecular complexity index is 1190. The van der Waals surface area contributed by atoms with E-state index in [1.165, 1.54) is 16.7 Å². The first-order valence-corrected chi connectivity index (χ1v) is 13.1. The maximum absolute atomic E-state index is 13.2. The molecule has 36 heavy (non-hydrogen) atoms. The van der Waals surface area contributed by atoms with Crippen molar-refractivity contribution in [3.63, 3.8) is 0 Å². The van der Waals surface area contributed by atoms with Gasteiger partial charge in [-0.3, -0.25) is 19.5 Å². The molecular formula is C31H35N3O2. The van der Waals surface area contributed by atoms with Gasteiger partial charge < -0.3 is 5.32 Å². The van der Waals surface area contributed by atoms with Crippen molar-refractivity contribution in [3.05, 3.63) is 101 Å². The highest BCUT2D eigenvalue weighted by molar-refractivity contribution is 5.88. The molecular weight excluding hydrogens is 446 g/mol. The van der Waals surface area contributed by atoms with Gasteiger partial charge in [-0.05, 0) is 80.4 Å². The Labute approximate surface area is 213 Å². The molecule has 1 saturated heterocycles. The third-order valence-corrected chi connectivity index (χ3v) is 8.27. The molecule has 3 aromatic rings. The molecule has 5 heteroatoms. The Balaban J connectivity index is 1.24. The van der Waals surface area contributed by atoms with E-state index in [0.29, 0.717) is 6.54 Å². The second-order valence-electron chi connectivity index (χ2n) is 10.4. The number of hydrogen-bond acceptors (Lipinski definition) is 4. The van der Waals surface area contributed by atoms with Crippen LogP contribution in [0.3, 0.4) is 0 Å².